The standard InChI is InChI=1S/C20H28N2O7.C15H20N2O5.ClH/c1-6-16(23)27-14-9-8-12(11-15(14)28-17(24)7-2)10-13(18(21)25)22-19(26)29-20(3,4)5;1-3-13(18)21-11-6-5-9(7-10(16)15(17)20)8-12(11)22-14(19)4-2;/h8-9,11,13H,6-7,10H2,1-5H3,(H2,21,25)(H,22,26);5-6,8,10H,3-4,7,16H2,1-2H3,(H2,17,20);1H/t13-;10-;/m00./s1. The quantitative estimate of drug-likeness (QED) is 0.129. The Morgan fingerprint density at radius 3 is 1.33 bits per heavy atom. The van der Waals surface area contributed by atoms with Gasteiger partial charge < -0.3 is 58.6 Å². The van der Waals surface area contributed by atoms with Crippen molar-refractivity contribution in [2.24, 2.45) is 11.5 Å². The van der Waals surface area contributed by atoms with Gasteiger partial charge >= 0.3 is 30.0 Å². The third-order valence-electron chi connectivity index (χ3n) is 6.42. The summed E-state index contributed by atoms with van der Waals surface area (Å²) in [6, 6.07) is 7.58. The van der Waals surface area contributed by atoms with Crippen molar-refractivity contribution in [3.63, 3.8) is 0 Å². The van der Waals surface area contributed by atoms with Crippen molar-refractivity contribution in [2.45, 2.75) is 105 Å². The first-order valence-corrected chi connectivity index (χ1v) is 16.3. The van der Waals surface area contributed by atoms with Crippen LogP contribution in [0.25, 0.3) is 0 Å². The largest absolute Gasteiger partial charge is 1.00 e. The summed E-state index contributed by atoms with van der Waals surface area (Å²) in [6.45, 7) is 11.6. The van der Waals surface area contributed by atoms with Crippen LogP contribution in [-0.4, -0.2) is 59.5 Å². The second-order valence-corrected chi connectivity index (χ2v) is 12.0. The number of carbonyl (C=O) groups is 7. The maximum absolute atomic E-state index is 12.0. The molecule has 0 fully saturated rings. The number of primary amides is 2. The highest BCUT2D eigenvalue weighted by Crippen LogP contribution is 2.31. The van der Waals surface area contributed by atoms with Crippen molar-refractivity contribution in [3.8, 4) is 23.0 Å². The number of hydrogen-bond donors (Lipinski definition) is 4. The first-order valence-electron chi connectivity index (χ1n) is 16.3. The van der Waals surface area contributed by atoms with E-state index < -0.39 is 59.5 Å². The number of nitrogens with one attached hydrogen (secondary N) is 1. The molecule has 16 nitrogen and oxygen atoms in total. The summed E-state index contributed by atoms with van der Waals surface area (Å²) in [5.74, 6) is -2.75. The second-order valence-electron chi connectivity index (χ2n) is 12.0. The zero-order chi connectivity index (χ0) is 38.9. The van der Waals surface area contributed by atoms with Gasteiger partial charge in [-0.1, -0.05) is 39.8 Å². The predicted octanol–water partition coefficient (Wildman–Crippen LogP) is -0.802. The van der Waals surface area contributed by atoms with E-state index in [1.54, 1.807) is 66.7 Å². The van der Waals surface area contributed by atoms with Crippen LogP contribution in [0.1, 0.15) is 85.3 Å². The van der Waals surface area contributed by atoms with Gasteiger partial charge in [-0.15, -0.1) is 0 Å². The summed E-state index contributed by atoms with van der Waals surface area (Å²) in [6.07, 6.45) is 0.187. The summed E-state index contributed by atoms with van der Waals surface area (Å²) in [5.41, 5.74) is 14.7. The van der Waals surface area contributed by atoms with Crippen molar-refractivity contribution in [1.82, 2.24) is 5.32 Å². The minimum Gasteiger partial charge on any atom is -1.00 e. The van der Waals surface area contributed by atoms with E-state index in [2.05, 4.69) is 11.1 Å². The zero-order valence-corrected chi connectivity index (χ0v) is 31.3. The van der Waals surface area contributed by atoms with Gasteiger partial charge in [0.05, 0.1) is 0 Å². The van der Waals surface area contributed by atoms with E-state index in [0.717, 1.165) is 0 Å². The maximum atomic E-state index is 12.0. The van der Waals surface area contributed by atoms with Gasteiger partial charge in [-0.2, -0.15) is 0 Å². The summed E-state index contributed by atoms with van der Waals surface area (Å²) in [5, 5.41) is 2.42. The van der Waals surface area contributed by atoms with E-state index in [9.17, 15) is 33.6 Å². The number of benzene rings is 2. The molecule has 0 aliphatic rings. The average Bonchev–Trinajstić information content (AvgIpc) is 3.05. The molecule has 0 radical (unpaired) electrons. The van der Waals surface area contributed by atoms with Crippen LogP contribution in [0.4, 0.5) is 4.79 Å². The lowest BCUT2D eigenvalue weighted by Crippen LogP contribution is -3.00. The number of rotatable bonds is 15. The summed E-state index contributed by atoms with van der Waals surface area (Å²) < 4.78 is 25.8. The average molecular weight is 753 g/mol. The molecule has 0 aliphatic heterocycles. The van der Waals surface area contributed by atoms with Crippen molar-refractivity contribution in [1.29, 1.82) is 0 Å². The van der Waals surface area contributed by atoms with E-state index in [4.69, 9.17) is 35.2 Å². The van der Waals surface area contributed by atoms with Crippen LogP contribution in [0.15, 0.2) is 36.4 Å². The fourth-order valence-electron chi connectivity index (χ4n) is 3.76. The normalized spacial score (nSPS) is 11.5. The van der Waals surface area contributed by atoms with Gasteiger partial charge in [-0.25, -0.2) is 4.79 Å². The first kappa shape index (κ1) is 46.8. The minimum absolute atomic E-state index is 0. The minimum atomic E-state index is -1.05. The molecular weight excluding hydrogens is 704 g/mol. The zero-order valence-electron chi connectivity index (χ0n) is 30.5. The fourth-order valence-corrected chi connectivity index (χ4v) is 3.76. The molecule has 0 saturated heterocycles. The van der Waals surface area contributed by atoms with Crippen LogP contribution < -0.4 is 53.9 Å². The summed E-state index contributed by atoms with van der Waals surface area (Å²) in [7, 11) is 0. The molecule has 0 saturated carbocycles. The summed E-state index contributed by atoms with van der Waals surface area (Å²) >= 11 is 0. The number of alkyl carbamates (subject to hydrolysis) is 1. The molecule has 2 rings (SSSR count). The number of halogens is 1. The van der Waals surface area contributed by atoms with E-state index in [1.807, 2.05) is 0 Å². The molecule has 52 heavy (non-hydrogen) atoms. The lowest BCUT2D eigenvalue weighted by Gasteiger charge is -2.22. The van der Waals surface area contributed by atoms with Crippen molar-refractivity contribution < 1.29 is 75.4 Å². The first-order chi connectivity index (χ1) is 23.8. The fraction of sp³-hybridized carbons (Fsp3) is 0.457. The Hall–Kier alpha value is -5.22. The third kappa shape index (κ3) is 17.6. The molecule has 3 amide bonds. The molecule has 0 bridgehead atoms. The smallest absolute Gasteiger partial charge is 0.408 e. The number of quaternary nitrogens is 1. The van der Waals surface area contributed by atoms with Gasteiger partial charge in [-0.3, -0.25) is 28.8 Å². The van der Waals surface area contributed by atoms with Crippen LogP contribution in [0, 0.1) is 0 Å². The molecule has 17 heteroatoms. The number of hydrogen-bond acceptors (Lipinski definition) is 12. The van der Waals surface area contributed by atoms with Crippen LogP contribution >= 0.6 is 0 Å². The lowest BCUT2D eigenvalue weighted by molar-refractivity contribution is -0.402. The molecule has 2 aromatic rings. The van der Waals surface area contributed by atoms with Gasteiger partial charge in [0.25, 0.3) is 5.91 Å². The van der Waals surface area contributed by atoms with Gasteiger partial charge in [-0.05, 0) is 56.2 Å². The highest BCUT2D eigenvalue weighted by atomic mass is 35.5. The highest BCUT2D eigenvalue weighted by Gasteiger charge is 2.24. The number of ether oxygens (including phenoxy) is 5. The third-order valence-corrected chi connectivity index (χ3v) is 6.42. The van der Waals surface area contributed by atoms with E-state index in [-0.39, 0.29) is 67.5 Å². The number of amides is 3. The second kappa shape index (κ2) is 22.6. The Kier molecular flexibility index (Phi) is 20.3. The molecule has 0 aliphatic carbocycles. The Labute approximate surface area is 308 Å². The maximum Gasteiger partial charge on any atom is 0.408 e. The van der Waals surface area contributed by atoms with Gasteiger partial charge in [0.1, 0.15) is 11.6 Å². The van der Waals surface area contributed by atoms with Crippen LogP contribution in [0.5, 0.6) is 23.0 Å². The molecule has 0 aromatic heterocycles. The topological polar surface area (TPSA) is 257 Å². The molecule has 288 valence electrons. The molecular formula is C35H49ClN4O12. The van der Waals surface area contributed by atoms with Crippen molar-refractivity contribution in [2.75, 3.05) is 0 Å². The van der Waals surface area contributed by atoms with E-state index in [0.29, 0.717) is 17.5 Å². The van der Waals surface area contributed by atoms with Crippen LogP contribution in [-0.2, 0) is 46.3 Å². The van der Waals surface area contributed by atoms with Crippen LogP contribution in [0.3, 0.4) is 0 Å². The van der Waals surface area contributed by atoms with Gasteiger partial charge in [0.15, 0.2) is 29.0 Å². The number of esters is 4. The Morgan fingerprint density at radius 1 is 0.635 bits per heavy atom. The monoisotopic (exact) mass is 752 g/mol. The Morgan fingerprint density at radius 2 is 1.00 bits per heavy atom. The van der Waals surface area contributed by atoms with Crippen molar-refractivity contribution in [3.05, 3.63) is 47.5 Å². The van der Waals surface area contributed by atoms with Crippen LogP contribution in [0.2, 0.25) is 0 Å². The number of carbonyl (C=O) groups excluding carboxylic acids is 7. The Balaban J connectivity index is 0.00000102. The molecule has 0 unspecified atom stereocenters. The van der Waals surface area contributed by atoms with E-state index in [1.165, 1.54) is 18.2 Å². The molecule has 0 spiro atoms. The van der Waals surface area contributed by atoms with Crippen molar-refractivity contribution >= 4 is 41.8 Å². The molecule has 0 heterocycles. The predicted molar refractivity (Wildman–Crippen MR) is 182 cm³/mol. The molecule has 8 N–H and O–H groups in total. The summed E-state index contributed by atoms with van der Waals surface area (Å²) in [4.78, 5) is 81.0. The Bertz CT molecular complexity index is 1580. The van der Waals surface area contributed by atoms with Gasteiger partial charge in [0.2, 0.25) is 5.91 Å². The van der Waals surface area contributed by atoms with Gasteiger partial charge in [0, 0.05) is 38.5 Å². The highest BCUT2D eigenvalue weighted by molar-refractivity contribution is 5.85. The van der Waals surface area contributed by atoms with E-state index >= 15 is 0 Å². The SMILES string of the molecule is CCC(=O)Oc1ccc(C[C@H](NC(=O)OC(C)(C)C)C(N)=O)cc1OC(=O)CC.CCC(=O)Oc1ccc(C[C@H]([NH3+])C(N)=O)cc1OC(=O)CC.[Cl-]. The number of nitrogens with two attached hydrogens (primary N) is 2. The molecule has 2 aromatic carbocycles. The molecule has 2 atom stereocenters. The lowest BCUT2D eigenvalue weighted by atomic mass is 10.0.